The number of halogens is 1. The number of hydrogen-bond donors (Lipinski definition) is 2. The highest BCUT2D eigenvalue weighted by atomic mass is 35.5. The number of nitrogens with zero attached hydrogens (tertiary/aromatic N) is 2. The van der Waals surface area contributed by atoms with Gasteiger partial charge in [0.15, 0.2) is 0 Å². The molecule has 1 aromatic heterocycles. The Bertz CT molecular complexity index is 873. The molecule has 2 N–H and O–H groups in total. The quantitative estimate of drug-likeness (QED) is 0.721. The molecule has 1 aromatic carbocycles. The van der Waals surface area contributed by atoms with E-state index < -0.39 is 23.4 Å². The van der Waals surface area contributed by atoms with E-state index in [0.717, 1.165) is 9.89 Å². The summed E-state index contributed by atoms with van der Waals surface area (Å²) in [5.74, 6) is -0.985. The third kappa shape index (κ3) is 4.13. The molecule has 27 heavy (non-hydrogen) atoms. The van der Waals surface area contributed by atoms with E-state index in [4.69, 9.17) is 11.6 Å². The summed E-state index contributed by atoms with van der Waals surface area (Å²) in [6.07, 6.45) is 0. The number of imide groups is 1. The molecule has 0 bridgehead atoms. The third-order valence-electron chi connectivity index (χ3n) is 4.25. The molecule has 2 heterocycles. The predicted molar refractivity (Wildman–Crippen MR) is 103 cm³/mol. The summed E-state index contributed by atoms with van der Waals surface area (Å²) >= 11 is 7.34. The van der Waals surface area contributed by atoms with E-state index in [2.05, 4.69) is 10.7 Å². The smallest absolute Gasteiger partial charge is 0.318 e. The molecule has 142 valence electrons. The van der Waals surface area contributed by atoms with Gasteiger partial charge in [0.1, 0.15) is 5.54 Å². The number of thiophene rings is 1. The van der Waals surface area contributed by atoms with Gasteiger partial charge in [-0.3, -0.25) is 19.9 Å². The van der Waals surface area contributed by atoms with E-state index >= 15 is 0 Å². The fourth-order valence-electron chi connectivity index (χ4n) is 2.87. The predicted octanol–water partition coefficient (Wildman–Crippen LogP) is 2.33. The van der Waals surface area contributed by atoms with Crippen molar-refractivity contribution in [1.29, 1.82) is 0 Å². The van der Waals surface area contributed by atoms with Gasteiger partial charge in [-0.1, -0.05) is 41.9 Å². The zero-order chi connectivity index (χ0) is 19.6. The first-order valence-corrected chi connectivity index (χ1v) is 9.43. The van der Waals surface area contributed by atoms with Crippen molar-refractivity contribution >= 4 is 40.8 Å². The highest BCUT2D eigenvalue weighted by Crippen LogP contribution is 2.27. The zero-order valence-corrected chi connectivity index (χ0v) is 16.4. The van der Waals surface area contributed by atoms with Gasteiger partial charge in [-0.15, -0.1) is 11.3 Å². The first kappa shape index (κ1) is 19.3. The maximum atomic E-state index is 12.8. The Morgan fingerprint density at radius 2 is 1.96 bits per heavy atom. The molecule has 2 aromatic rings. The van der Waals surface area contributed by atoms with Crippen molar-refractivity contribution in [2.75, 3.05) is 13.6 Å². The van der Waals surface area contributed by atoms with Crippen molar-refractivity contribution < 1.29 is 14.4 Å². The number of likely N-dealkylation sites (N-methyl/N-ethyl adjacent to an activating group) is 1. The fourth-order valence-corrected chi connectivity index (χ4v) is 4.04. The lowest BCUT2D eigenvalue weighted by Crippen LogP contribution is -2.50. The molecule has 7 nitrogen and oxygen atoms in total. The van der Waals surface area contributed by atoms with Crippen LogP contribution in [0.5, 0.6) is 0 Å². The Balaban J connectivity index is 1.62. The lowest BCUT2D eigenvalue weighted by molar-refractivity contribution is -0.139. The normalized spacial score (nSPS) is 19.5. The molecule has 1 aliphatic heterocycles. The molecule has 1 fully saturated rings. The van der Waals surface area contributed by atoms with Gasteiger partial charge in [0.05, 0.1) is 10.9 Å². The lowest BCUT2D eigenvalue weighted by atomic mass is 9.92. The van der Waals surface area contributed by atoms with Gasteiger partial charge in [0, 0.05) is 11.4 Å². The van der Waals surface area contributed by atoms with E-state index in [1.807, 2.05) is 12.1 Å². The highest BCUT2D eigenvalue weighted by Gasteiger charge is 2.49. The molecule has 1 aliphatic rings. The second-order valence-electron chi connectivity index (χ2n) is 6.47. The van der Waals surface area contributed by atoms with Crippen LogP contribution < -0.4 is 10.7 Å². The van der Waals surface area contributed by atoms with Gasteiger partial charge in [-0.05, 0) is 31.7 Å². The molecule has 0 unspecified atom stereocenters. The summed E-state index contributed by atoms with van der Waals surface area (Å²) in [6.45, 7) is 2.17. The van der Waals surface area contributed by atoms with Gasteiger partial charge in [0.2, 0.25) is 0 Å². The summed E-state index contributed by atoms with van der Waals surface area (Å²) in [5.41, 5.74) is 1.82. The van der Waals surface area contributed by atoms with Crippen LogP contribution in [0.2, 0.25) is 4.34 Å². The SMILES string of the molecule is CN(CC(=O)NN1C(=O)N[C@@](C)(c2ccccc2)C1=O)Cc1ccc(Cl)s1. The maximum Gasteiger partial charge on any atom is 0.344 e. The highest BCUT2D eigenvalue weighted by molar-refractivity contribution is 7.16. The van der Waals surface area contributed by atoms with Gasteiger partial charge in [-0.25, -0.2) is 4.79 Å². The number of nitrogens with one attached hydrogen (secondary N) is 2. The summed E-state index contributed by atoms with van der Waals surface area (Å²) in [4.78, 5) is 40.1. The summed E-state index contributed by atoms with van der Waals surface area (Å²) in [6, 6.07) is 11.9. The second-order valence-corrected chi connectivity index (χ2v) is 8.27. The lowest BCUT2D eigenvalue weighted by Gasteiger charge is -2.22. The Morgan fingerprint density at radius 3 is 2.59 bits per heavy atom. The standard InChI is InChI=1S/C18H19ClN4O3S/c1-18(12-6-4-3-5-7-12)16(25)23(17(26)20-18)21-15(24)11-22(2)10-13-8-9-14(19)27-13/h3-9H,10-11H2,1-2H3,(H,20,26)(H,21,24)/t18-/m0/s1. The number of amides is 4. The molecule has 9 heteroatoms. The number of hydrazine groups is 1. The molecule has 1 saturated heterocycles. The van der Waals surface area contributed by atoms with Crippen LogP contribution in [-0.4, -0.2) is 41.3 Å². The van der Waals surface area contributed by atoms with Crippen LogP contribution in [0.4, 0.5) is 4.79 Å². The van der Waals surface area contributed by atoms with Crippen molar-refractivity contribution in [3.63, 3.8) is 0 Å². The second kappa shape index (κ2) is 7.67. The largest absolute Gasteiger partial charge is 0.344 e. The molecule has 0 saturated carbocycles. The Morgan fingerprint density at radius 1 is 1.26 bits per heavy atom. The Kier molecular flexibility index (Phi) is 5.50. The van der Waals surface area contributed by atoms with E-state index in [1.165, 1.54) is 11.3 Å². The van der Waals surface area contributed by atoms with Crippen LogP contribution in [-0.2, 0) is 21.7 Å². The molecule has 4 amide bonds. The minimum Gasteiger partial charge on any atom is -0.318 e. The van der Waals surface area contributed by atoms with Gasteiger partial charge in [0.25, 0.3) is 11.8 Å². The molecular weight excluding hydrogens is 388 g/mol. The van der Waals surface area contributed by atoms with Crippen molar-refractivity contribution in [2.45, 2.75) is 19.0 Å². The first-order chi connectivity index (χ1) is 12.8. The van der Waals surface area contributed by atoms with Crippen LogP contribution in [0.1, 0.15) is 17.4 Å². The number of carbonyl (C=O) groups is 3. The van der Waals surface area contributed by atoms with Crippen molar-refractivity contribution in [3.8, 4) is 0 Å². The number of urea groups is 1. The van der Waals surface area contributed by atoms with Crippen molar-refractivity contribution in [1.82, 2.24) is 20.7 Å². The van der Waals surface area contributed by atoms with E-state index in [1.54, 1.807) is 49.2 Å². The number of hydrogen-bond acceptors (Lipinski definition) is 5. The monoisotopic (exact) mass is 406 g/mol. The van der Waals surface area contributed by atoms with E-state index in [-0.39, 0.29) is 6.54 Å². The molecule has 0 spiro atoms. The van der Waals surface area contributed by atoms with E-state index in [9.17, 15) is 14.4 Å². The average Bonchev–Trinajstić information content (AvgIpc) is 3.12. The molecule has 0 aliphatic carbocycles. The minimum atomic E-state index is -1.22. The van der Waals surface area contributed by atoms with Crippen LogP contribution >= 0.6 is 22.9 Å². The minimum absolute atomic E-state index is 0.0225. The van der Waals surface area contributed by atoms with Gasteiger partial charge < -0.3 is 5.32 Å². The maximum absolute atomic E-state index is 12.8. The summed E-state index contributed by atoms with van der Waals surface area (Å²) < 4.78 is 0.683. The Hall–Kier alpha value is -2.42. The third-order valence-corrected chi connectivity index (χ3v) is 5.46. The van der Waals surface area contributed by atoms with Crippen LogP contribution in [0.25, 0.3) is 0 Å². The summed E-state index contributed by atoms with van der Waals surface area (Å²) in [7, 11) is 1.77. The summed E-state index contributed by atoms with van der Waals surface area (Å²) in [5, 5.41) is 3.39. The molecule has 0 radical (unpaired) electrons. The molecule has 1 atom stereocenters. The number of benzene rings is 1. The van der Waals surface area contributed by atoms with Crippen LogP contribution in [0.3, 0.4) is 0 Å². The Labute approximate surface area is 165 Å². The number of rotatable bonds is 6. The van der Waals surface area contributed by atoms with Crippen molar-refractivity contribution in [2.24, 2.45) is 0 Å². The fraction of sp³-hybridized carbons (Fsp3) is 0.278. The van der Waals surface area contributed by atoms with Crippen LogP contribution in [0, 0.1) is 0 Å². The van der Waals surface area contributed by atoms with Crippen LogP contribution in [0.15, 0.2) is 42.5 Å². The zero-order valence-electron chi connectivity index (χ0n) is 14.9. The topological polar surface area (TPSA) is 81.8 Å². The van der Waals surface area contributed by atoms with Gasteiger partial charge >= 0.3 is 6.03 Å². The molecular formula is C18H19ClN4O3S. The van der Waals surface area contributed by atoms with Crippen molar-refractivity contribution in [3.05, 3.63) is 57.2 Å². The first-order valence-electron chi connectivity index (χ1n) is 8.24. The van der Waals surface area contributed by atoms with Gasteiger partial charge in [-0.2, -0.15) is 5.01 Å². The molecule has 3 rings (SSSR count). The average molecular weight is 407 g/mol. The van der Waals surface area contributed by atoms with E-state index in [0.29, 0.717) is 16.4 Å². The number of carbonyl (C=O) groups excluding carboxylic acids is 3.